The van der Waals surface area contributed by atoms with Gasteiger partial charge in [0, 0.05) is 18.2 Å². The average molecular weight is 446 g/mol. The van der Waals surface area contributed by atoms with E-state index >= 15 is 0 Å². The molecule has 0 bridgehead atoms. The molecule has 2 heterocycles. The summed E-state index contributed by atoms with van der Waals surface area (Å²) >= 11 is 0. The first-order chi connectivity index (χ1) is 15.2. The van der Waals surface area contributed by atoms with E-state index in [0.29, 0.717) is 24.9 Å². The van der Waals surface area contributed by atoms with Crippen molar-refractivity contribution < 1.29 is 14.6 Å². The van der Waals surface area contributed by atoms with Crippen LogP contribution < -0.4 is 15.4 Å². The summed E-state index contributed by atoms with van der Waals surface area (Å²) in [7, 11) is 2.16. The van der Waals surface area contributed by atoms with Crippen LogP contribution in [0.25, 0.3) is 0 Å². The van der Waals surface area contributed by atoms with E-state index in [1.807, 2.05) is 32.0 Å². The van der Waals surface area contributed by atoms with Crippen molar-refractivity contribution in [1.29, 1.82) is 0 Å². The van der Waals surface area contributed by atoms with Crippen molar-refractivity contribution in [2.45, 2.75) is 90.0 Å². The molecular formula is C26H43N3O3. The third kappa shape index (κ3) is 6.03. The zero-order valence-electron chi connectivity index (χ0n) is 20.6. The van der Waals surface area contributed by atoms with E-state index in [1.54, 1.807) is 0 Å². The molecule has 6 nitrogen and oxygen atoms in total. The largest absolute Gasteiger partial charge is 0.485 e. The molecule has 0 spiro atoms. The number of nitrogens with zero attached hydrogens (tertiary/aromatic N) is 1. The second-order valence-corrected chi connectivity index (χ2v) is 10.2. The SMILES string of the molecule is CCC(CC)CN[C@@H]1c2cc(CC(=O)NCCC3CCCN3C)ccc2OC(C)(C)[C@H]1O. The molecule has 0 aliphatic carbocycles. The number of amides is 1. The predicted octanol–water partition coefficient (Wildman–Crippen LogP) is 3.43. The highest BCUT2D eigenvalue weighted by Gasteiger charge is 2.42. The maximum atomic E-state index is 12.6. The van der Waals surface area contributed by atoms with Crippen LogP contribution in [0.5, 0.6) is 5.75 Å². The van der Waals surface area contributed by atoms with Crippen molar-refractivity contribution >= 4 is 5.91 Å². The molecule has 180 valence electrons. The van der Waals surface area contributed by atoms with Crippen LogP contribution >= 0.6 is 0 Å². The van der Waals surface area contributed by atoms with Gasteiger partial charge in [-0.1, -0.05) is 32.8 Å². The third-order valence-corrected chi connectivity index (χ3v) is 7.43. The van der Waals surface area contributed by atoms with E-state index < -0.39 is 11.7 Å². The Morgan fingerprint density at radius 2 is 2.06 bits per heavy atom. The molecule has 1 fully saturated rings. The number of hydrogen-bond acceptors (Lipinski definition) is 5. The fourth-order valence-corrected chi connectivity index (χ4v) is 5.02. The van der Waals surface area contributed by atoms with Crippen LogP contribution in [-0.4, -0.2) is 60.3 Å². The lowest BCUT2D eigenvalue weighted by atomic mass is 9.85. The molecular weight excluding hydrogens is 402 g/mol. The number of carbonyl (C=O) groups is 1. The highest BCUT2D eigenvalue weighted by molar-refractivity contribution is 5.78. The fraction of sp³-hybridized carbons (Fsp3) is 0.731. The molecule has 2 aliphatic heterocycles. The number of likely N-dealkylation sites (tertiary alicyclic amines) is 1. The van der Waals surface area contributed by atoms with E-state index in [1.165, 1.54) is 12.8 Å². The van der Waals surface area contributed by atoms with Gasteiger partial charge in [-0.15, -0.1) is 0 Å². The zero-order valence-corrected chi connectivity index (χ0v) is 20.6. The summed E-state index contributed by atoms with van der Waals surface area (Å²) in [5.74, 6) is 1.41. The van der Waals surface area contributed by atoms with E-state index in [2.05, 4.69) is 36.4 Å². The second-order valence-electron chi connectivity index (χ2n) is 10.2. The van der Waals surface area contributed by atoms with Gasteiger partial charge in [0.25, 0.3) is 0 Å². The van der Waals surface area contributed by atoms with Gasteiger partial charge in [-0.05, 0) is 76.9 Å². The number of aliphatic hydroxyl groups is 1. The number of aliphatic hydroxyl groups excluding tert-OH is 1. The molecule has 3 N–H and O–H groups in total. The van der Waals surface area contributed by atoms with Crippen molar-refractivity contribution in [3.63, 3.8) is 0 Å². The predicted molar refractivity (Wildman–Crippen MR) is 129 cm³/mol. The van der Waals surface area contributed by atoms with Gasteiger partial charge < -0.3 is 25.4 Å². The summed E-state index contributed by atoms with van der Waals surface area (Å²) in [6.45, 7) is 11.0. The van der Waals surface area contributed by atoms with Crippen molar-refractivity contribution in [2.75, 3.05) is 26.7 Å². The van der Waals surface area contributed by atoms with Gasteiger partial charge in [0.1, 0.15) is 17.5 Å². The minimum absolute atomic E-state index is 0.0461. The van der Waals surface area contributed by atoms with Crippen molar-refractivity contribution in [3.8, 4) is 5.75 Å². The number of ether oxygens (including phenoxy) is 1. The molecule has 1 amide bonds. The zero-order chi connectivity index (χ0) is 23.3. The van der Waals surface area contributed by atoms with E-state index in [0.717, 1.165) is 49.2 Å². The smallest absolute Gasteiger partial charge is 0.224 e. The van der Waals surface area contributed by atoms with E-state index in [4.69, 9.17) is 4.74 Å². The Labute approximate surface area is 194 Å². The van der Waals surface area contributed by atoms with Gasteiger partial charge in [0.15, 0.2) is 0 Å². The summed E-state index contributed by atoms with van der Waals surface area (Å²) in [5, 5.41) is 17.7. The number of nitrogens with one attached hydrogen (secondary N) is 2. The lowest BCUT2D eigenvalue weighted by Crippen LogP contribution is -2.53. The Kier molecular flexibility index (Phi) is 8.59. The molecule has 32 heavy (non-hydrogen) atoms. The van der Waals surface area contributed by atoms with Gasteiger partial charge in [-0.2, -0.15) is 0 Å². The Morgan fingerprint density at radius 1 is 1.31 bits per heavy atom. The standard InChI is InChI=1S/C26H43N3O3/c1-6-18(7-2)17-28-24-21-15-19(10-11-22(21)32-26(3,4)25(24)31)16-23(30)27-13-12-20-9-8-14-29(20)5/h10-11,15,18,20,24-25,28,31H,6-9,12-14,16-17H2,1-5H3,(H,27,30)/t20?,24-,25+/m1/s1. The van der Waals surface area contributed by atoms with Crippen LogP contribution in [0.15, 0.2) is 18.2 Å². The second kappa shape index (κ2) is 11.0. The molecule has 1 aromatic carbocycles. The number of carbonyl (C=O) groups excluding carboxylic acids is 1. The van der Waals surface area contributed by atoms with Gasteiger partial charge in [0.05, 0.1) is 12.5 Å². The molecule has 0 radical (unpaired) electrons. The topological polar surface area (TPSA) is 73.8 Å². The van der Waals surface area contributed by atoms with Gasteiger partial charge >= 0.3 is 0 Å². The lowest BCUT2D eigenvalue weighted by molar-refractivity contribution is -0.120. The van der Waals surface area contributed by atoms with Gasteiger partial charge in [0.2, 0.25) is 5.91 Å². The number of rotatable bonds is 10. The molecule has 2 aliphatic rings. The highest BCUT2D eigenvalue weighted by Crippen LogP contribution is 2.40. The quantitative estimate of drug-likeness (QED) is 0.515. The normalized spacial score (nSPS) is 24.9. The first-order valence-corrected chi connectivity index (χ1v) is 12.4. The molecule has 1 unspecified atom stereocenters. The summed E-state index contributed by atoms with van der Waals surface area (Å²) in [5.41, 5.74) is 1.22. The van der Waals surface area contributed by atoms with Crippen LogP contribution in [0, 0.1) is 5.92 Å². The molecule has 3 rings (SSSR count). The summed E-state index contributed by atoms with van der Waals surface area (Å²) in [6, 6.07) is 6.32. The van der Waals surface area contributed by atoms with Crippen molar-refractivity contribution in [3.05, 3.63) is 29.3 Å². The monoisotopic (exact) mass is 445 g/mol. The summed E-state index contributed by atoms with van der Waals surface area (Å²) in [4.78, 5) is 14.9. The molecule has 0 aromatic heterocycles. The summed E-state index contributed by atoms with van der Waals surface area (Å²) in [6.07, 6.45) is 5.36. The van der Waals surface area contributed by atoms with Gasteiger partial charge in [-0.25, -0.2) is 0 Å². The van der Waals surface area contributed by atoms with E-state index in [-0.39, 0.29) is 11.9 Å². The van der Waals surface area contributed by atoms with Crippen LogP contribution in [0.4, 0.5) is 0 Å². The molecule has 0 saturated carbocycles. The third-order valence-electron chi connectivity index (χ3n) is 7.43. The molecule has 6 heteroatoms. The minimum atomic E-state index is -0.676. The lowest BCUT2D eigenvalue weighted by Gasteiger charge is -2.43. The Bertz CT molecular complexity index is 763. The van der Waals surface area contributed by atoms with Crippen molar-refractivity contribution in [1.82, 2.24) is 15.5 Å². The Hall–Kier alpha value is -1.63. The minimum Gasteiger partial charge on any atom is -0.485 e. The van der Waals surface area contributed by atoms with Gasteiger partial charge in [-0.3, -0.25) is 4.79 Å². The maximum Gasteiger partial charge on any atom is 0.224 e. The summed E-state index contributed by atoms with van der Waals surface area (Å²) < 4.78 is 6.12. The van der Waals surface area contributed by atoms with Crippen LogP contribution in [0.1, 0.15) is 77.0 Å². The Balaban J connectivity index is 1.65. The average Bonchev–Trinajstić information content (AvgIpc) is 3.16. The van der Waals surface area contributed by atoms with Crippen LogP contribution in [0.2, 0.25) is 0 Å². The maximum absolute atomic E-state index is 12.6. The first kappa shape index (κ1) is 25.0. The molecule has 3 atom stereocenters. The van der Waals surface area contributed by atoms with E-state index in [9.17, 15) is 9.90 Å². The number of hydrogen-bond donors (Lipinski definition) is 3. The van der Waals surface area contributed by atoms with Crippen molar-refractivity contribution in [2.24, 2.45) is 5.92 Å². The molecule has 1 aromatic rings. The molecule has 1 saturated heterocycles. The Morgan fingerprint density at radius 3 is 2.72 bits per heavy atom. The number of fused-ring (bicyclic) bond motifs is 1. The van der Waals surface area contributed by atoms with Crippen LogP contribution in [0.3, 0.4) is 0 Å². The fourth-order valence-electron chi connectivity index (χ4n) is 5.02. The first-order valence-electron chi connectivity index (χ1n) is 12.4. The number of benzene rings is 1. The highest BCUT2D eigenvalue weighted by atomic mass is 16.5. The van der Waals surface area contributed by atoms with Crippen LogP contribution in [-0.2, 0) is 11.2 Å².